The summed E-state index contributed by atoms with van der Waals surface area (Å²) in [6.45, 7) is 8.77. The normalized spacial score (nSPS) is 18.6. The minimum atomic E-state index is 0.258. The summed E-state index contributed by atoms with van der Waals surface area (Å²) in [7, 11) is 0. The number of hydrogen-bond acceptors (Lipinski definition) is 6. The van der Waals surface area contributed by atoms with E-state index >= 15 is 0 Å². The molecule has 1 aliphatic rings. The van der Waals surface area contributed by atoms with E-state index in [0.29, 0.717) is 5.95 Å². The van der Waals surface area contributed by atoms with Crippen LogP contribution < -0.4 is 10.6 Å². The average molecular weight is 308 g/mol. The summed E-state index contributed by atoms with van der Waals surface area (Å²) < 4.78 is 0.258. The molecule has 0 bridgehead atoms. The van der Waals surface area contributed by atoms with Crippen LogP contribution in [0.5, 0.6) is 0 Å². The first-order valence-corrected chi connectivity index (χ1v) is 8.73. The third-order valence-corrected chi connectivity index (χ3v) is 5.99. The fourth-order valence-corrected chi connectivity index (χ4v) is 4.67. The smallest absolute Gasteiger partial charge is 0.223 e. The third-order valence-electron chi connectivity index (χ3n) is 3.51. The minimum absolute atomic E-state index is 0.258. The molecule has 0 aliphatic carbocycles. The van der Waals surface area contributed by atoms with Crippen LogP contribution in [0.3, 0.4) is 0 Å². The summed E-state index contributed by atoms with van der Waals surface area (Å²) in [5.41, 5.74) is 5.90. The second-order valence-corrected chi connectivity index (χ2v) is 8.64. The topological polar surface area (TPSA) is 55.0 Å². The van der Waals surface area contributed by atoms with Crippen LogP contribution in [0.25, 0.3) is 10.2 Å². The molecule has 0 amide bonds. The van der Waals surface area contributed by atoms with Gasteiger partial charge in [-0.05, 0) is 26.3 Å². The molecular formula is C14H20N4S2. The lowest BCUT2D eigenvalue weighted by atomic mass is 10.1. The van der Waals surface area contributed by atoms with Gasteiger partial charge in [-0.15, -0.1) is 11.3 Å². The number of aryl methyl sites for hydroxylation is 1. The monoisotopic (exact) mass is 308 g/mol. The Morgan fingerprint density at radius 1 is 1.40 bits per heavy atom. The lowest BCUT2D eigenvalue weighted by molar-refractivity contribution is 0.644. The van der Waals surface area contributed by atoms with Crippen molar-refractivity contribution in [2.75, 3.05) is 29.5 Å². The van der Waals surface area contributed by atoms with Gasteiger partial charge in [-0.25, -0.2) is 4.98 Å². The van der Waals surface area contributed by atoms with Gasteiger partial charge in [0, 0.05) is 28.5 Å². The van der Waals surface area contributed by atoms with E-state index < -0.39 is 0 Å². The van der Waals surface area contributed by atoms with Gasteiger partial charge in [-0.1, -0.05) is 6.92 Å². The van der Waals surface area contributed by atoms with Crippen molar-refractivity contribution >= 4 is 45.1 Å². The van der Waals surface area contributed by atoms with Crippen LogP contribution in [0, 0.1) is 0 Å². The fourth-order valence-electron chi connectivity index (χ4n) is 2.58. The van der Waals surface area contributed by atoms with Gasteiger partial charge in [0.2, 0.25) is 5.95 Å². The summed E-state index contributed by atoms with van der Waals surface area (Å²) in [6, 6.07) is 2.23. The maximum absolute atomic E-state index is 5.90. The van der Waals surface area contributed by atoms with E-state index in [1.807, 2.05) is 11.8 Å². The highest BCUT2D eigenvalue weighted by molar-refractivity contribution is 8.00. The zero-order valence-corrected chi connectivity index (χ0v) is 13.8. The molecule has 6 heteroatoms. The average Bonchev–Trinajstić information content (AvgIpc) is 2.79. The van der Waals surface area contributed by atoms with Gasteiger partial charge in [-0.3, -0.25) is 0 Å². The number of thiophene rings is 1. The number of nitrogens with two attached hydrogens (primary N) is 1. The van der Waals surface area contributed by atoms with Gasteiger partial charge in [0.1, 0.15) is 10.6 Å². The fraction of sp³-hybridized carbons (Fsp3) is 0.571. The largest absolute Gasteiger partial charge is 0.368 e. The molecule has 108 valence electrons. The third kappa shape index (κ3) is 2.59. The molecule has 2 aromatic heterocycles. The maximum atomic E-state index is 5.90. The van der Waals surface area contributed by atoms with Crippen molar-refractivity contribution in [2.45, 2.75) is 31.9 Å². The van der Waals surface area contributed by atoms with Crippen molar-refractivity contribution in [3.05, 3.63) is 10.9 Å². The first-order chi connectivity index (χ1) is 9.48. The Bertz CT molecular complexity index is 635. The van der Waals surface area contributed by atoms with Crippen LogP contribution in [-0.2, 0) is 6.42 Å². The molecule has 0 atom stereocenters. The molecule has 0 spiro atoms. The van der Waals surface area contributed by atoms with Crippen LogP contribution in [0.2, 0.25) is 0 Å². The molecule has 4 nitrogen and oxygen atoms in total. The van der Waals surface area contributed by atoms with Gasteiger partial charge in [0.15, 0.2) is 0 Å². The molecule has 3 rings (SSSR count). The van der Waals surface area contributed by atoms with Crippen LogP contribution in [0.1, 0.15) is 25.6 Å². The van der Waals surface area contributed by atoms with E-state index in [2.05, 4.69) is 41.7 Å². The van der Waals surface area contributed by atoms with Crippen molar-refractivity contribution in [1.82, 2.24) is 9.97 Å². The van der Waals surface area contributed by atoms with Gasteiger partial charge in [-0.2, -0.15) is 16.7 Å². The predicted octanol–water partition coefficient (Wildman–Crippen LogP) is 3.17. The van der Waals surface area contributed by atoms with Crippen LogP contribution in [0.15, 0.2) is 6.07 Å². The first kappa shape index (κ1) is 13.9. The van der Waals surface area contributed by atoms with E-state index in [9.17, 15) is 0 Å². The molecule has 20 heavy (non-hydrogen) atoms. The lowest BCUT2D eigenvalue weighted by Gasteiger charge is -2.38. The Kier molecular flexibility index (Phi) is 3.54. The van der Waals surface area contributed by atoms with Crippen LogP contribution in [-0.4, -0.2) is 33.6 Å². The highest BCUT2D eigenvalue weighted by Gasteiger charge is 2.29. The van der Waals surface area contributed by atoms with Crippen molar-refractivity contribution in [2.24, 2.45) is 0 Å². The van der Waals surface area contributed by atoms with E-state index in [1.165, 1.54) is 4.88 Å². The Hall–Kier alpha value is -1.01. The zero-order valence-electron chi connectivity index (χ0n) is 12.1. The van der Waals surface area contributed by atoms with Crippen LogP contribution in [0.4, 0.5) is 11.8 Å². The summed E-state index contributed by atoms with van der Waals surface area (Å²) in [5.74, 6) is 2.52. The number of thioether (sulfide) groups is 1. The molecule has 0 radical (unpaired) electrons. The van der Waals surface area contributed by atoms with Gasteiger partial charge < -0.3 is 10.6 Å². The molecule has 0 aromatic carbocycles. The Labute approximate surface area is 127 Å². The summed E-state index contributed by atoms with van der Waals surface area (Å²) in [5, 5.41) is 1.16. The molecule has 0 saturated carbocycles. The van der Waals surface area contributed by atoms with Gasteiger partial charge in [0.05, 0.1) is 5.39 Å². The van der Waals surface area contributed by atoms with Gasteiger partial charge >= 0.3 is 0 Å². The summed E-state index contributed by atoms with van der Waals surface area (Å²) in [6.07, 6.45) is 1.03. The molecule has 2 N–H and O–H groups in total. The quantitative estimate of drug-likeness (QED) is 0.923. The second kappa shape index (κ2) is 5.07. The number of fused-ring (bicyclic) bond motifs is 1. The minimum Gasteiger partial charge on any atom is -0.368 e. The predicted molar refractivity (Wildman–Crippen MR) is 90.0 cm³/mol. The standard InChI is InChI=1S/C14H20N4S2/c1-4-9-7-10-11(16-13(15)17-12(10)20-9)18-5-6-19-14(2,3)8-18/h7H,4-6,8H2,1-3H3,(H2,15,16,17). The van der Waals surface area contributed by atoms with E-state index in [-0.39, 0.29) is 4.75 Å². The molecule has 1 fully saturated rings. The number of nitrogens with zero attached hydrogens (tertiary/aromatic N) is 3. The maximum Gasteiger partial charge on any atom is 0.223 e. The molecule has 0 unspecified atom stereocenters. The Morgan fingerprint density at radius 3 is 2.90 bits per heavy atom. The zero-order chi connectivity index (χ0) is 14.3. The van der Waals surface area contributed by atoms with Crippen molar-refractivity contribution in [3.8, 4) is 0 Å². The number of nitrogen functional groups attached to an aromatic ring is 1. The molecule has 3 heterocycles. The summed E-state index contributed by atoms with van der Waals surface area (Å²) in [4.78, 5) is 13.6. The van der Waals surface area contributed by atoms with Crippen molar-refractivity contribution in [1.29, 1.82) is 0 Å². The van der Waals surface area contributed by atoms with E-state index in [4.69, 9.17) is 5.73 Å². The molecule has 2 aromatic rings. The van der Waals surface area contributed by atoms with Crippen molar-refractivity contribution in [3.63, 3.8) is 0 Å². The van der Waals surface area contributed by atoms with Gasteiger partial charge in [0.25, 0.3) is 0 Å². The Balaban J connectivity index is 2.07. The van der Waals surface area contributed by atoms with E-state index in [1.54, 1.807) is 11.3 Å². The SMILES string of the molecule is CCc1cc2c(N3CCSC(C)(C)C3)nc(N)nc2s1. The number of hydrogen-bond donors (Lipinski definition) is 1. The molecular weight excluding hydrogens is 288 g/mol. The van der Waals surface area contributed by atoms with Crippen molar-refractivity contribution < 1.29 is 0 Å². The lowest BCUT2D eigenvalue weighted by Crippen LogP contribution is -2.43. The van der Waals surface area contributed by atoms with E-state index in [0.717, 1.165) is 41.3 Å². The molecule has 1 saturated heterocycles. The number of anilines is 2. The highest BCUT2D eigenvalue weighted by atomic mass is 32.2. The number of aromatic nitrogens is 2. The summed E-state index contributed by atoms with van der Waals surface area (Å²) >= 11 is 3.75. The second-order valence-electron chi connectivity index (χ2n) is 5.72. The molecule has 1 aliphatic heterocycles. The van der Waals surface area contributed by atoms with Crippen LogP contribution >= 0.6 is 23.1 Å². The Morgan fingerprint density at radius 2 is 2.20 bits per heavy atom. The highest BCUT2D eigenvalue weighted by Crippen LogP contribution is 2.36. The number of rotatable bonds is 2. The first-order valence-electron chi connectivity index (χ1n) is 6.93.